The van der Waals surface area contributed by atoms with Gasteiger partial charge in [-0.15, -0.1) is 11.8 Å². The Labute approximate surface area is 130 Å². The van der Waals surface area contributed by atoms with Crippen LogP contribution in [0.5, 0.6) is 0 Å². The molecule has 0 radical (unpaired) electrons. The van der Waals surface area contributed by atoms with Crippen molar-refractivity contribution in [2.45, 2.75) is 31.9 Å². The summed E-state index contributed by atoms with van der Waals surface area (Å²) in [4.78, 5) is 12.3. The average molecular weight is 327 g/mol. The predicted octanol–water partition coefficient (Wildman–Crippen LogP) is 2.51. The predicted molar refractivity (Wildman–Crippen MR) is 86.7 cm³/mol. The van der Waals surface area contributed by atoms with Crippen molar-refractivity contribution in [3.63, 3.8) is 0 Å². The molecule has 116 valence electrons. The Balaban J connectivity index is 2.12. The number of rotatable bonds is 5. The number of fused-ring (bicyclic) bond motifs is 1. The van der Waals surface area contributed by atoms with Crippen molar-refractivity contribution in [2.24, 2.45) is 5.92 Å². The van der Waals surface area contributed by atoms with Crippen LogP contribution in [0.15, 0.2) is 24.3 Å². The first-order valence-corrected chi connectivity index (χ1v) is 9.86. The van der Waals surface area contributed by atoms with Gasteiger partial charge in [0.15, 0.2) is 0 Å². The Morgan fingerprint density at radius 2 is 2.14 bits per heavy atom. The van der Waals surface area contributed by atoms with Crippen LogP contribution in [0.1, 0.15) is 36.6 Å². The van der Waals surface area contributed by atoms with Gasteiger partial charge in [-0.2, -0.15) is 0 Å². The number of hydrogen-bond acceptors (Lipinski definition) is 4. The van der Waals surface area contributed by atoms with Crippen LogP contribution in [0.25, 0.3) is 0 Å². The van der Waals surface area contributed by atoms with Gasteiger partial charge >= 0.3 is 0 Å². The molecule has 0 aliphatic carbocycles. The monoisotopic (exact) mass is 327 g/mol. The van der Waals surface area contributed by atoms with Gasteiger partial charge in [-0.05, 0) is 29.2 Å². The van der Waals surface area contributed by atoms with E-state index in [1.165, 1.54) is 11.8 Å². The lowest BCUT2D eigenvalue weighted by molar-refractivity contribution is -0.118. The number of sulfonamides is 1. The molecule has 0 fully saturated rings. The van der Waals surface area contributed by atoms with Crippen LogP contribution in [-0.4, -0.2) is 25.8 Å². The molecule has 0 spiro atoms. The molecule has 2 rings (SSSR count). The Morgan fingerprint density at radius 1 is 1.43 bits per heavy atom. The Hall–Kier alpha value is -1.01. The molecular weight excluding hydrogens is 306 g/mol. The SMILES string of the molecule is CC[C@@H](C)CS(=O)(=O)NC(=O)[C@H]1SCCc2ccccc21. The van der Waals surface area contributed by atoms with E-state index in [2.05, 4.69) is 4.72 Å². The van der Waals surface area contributed by atoms with Gasteiger partial charge in [-0.1, -0.05) is 44.5 Å². The molecule has 1 heterocycles. The van der Waals surface area contributed by atoms with Crippen LogP contribution in [0.3, 0.4) is 0 Å². The molecule has 2 atom stereocenters. The fourth-order valence-electron chi connectivity index (χ4n) is 2.35. The summed E-state index contributed by atoms with van der Waals surface area (Å²) in [6.45, 7) is 3.81. The van der Waals surface area contributed by atoms with Gasteiger partial charge < -0.3 is 0 Å². The van der Waals surface area contributed by atoms with Crippen molar-refractivity contribution < 1.29 is 13.2 Å². The Kier molecular flexibility index (Phi) is 5.32. The van der Waals surface area contributed by atoms with Crippen molar-refractivity contribution >= 4 is 27.7 Å². The van der Waals surface area contributed by atoms with Crippen molar-refractivity contribution in [3.8, 4) is 0 Å². The van der Waals surface area contributed by atoms with E-state index in [0.29, 0.717) is 0 Å². The van der Waals surface area contributed by atoms with E-state index >= 15 is 0 Å². The maximum absolute atomic E-state index is 12.3. The number of benzene rings is 1. The molecule has 0 saturated carbocycles. The van der Waals surface area contributed by atoms with Crippen LogP contribution in [0.4, 0.5) is 0 Å². The summed E-state index contributed by atoms with van der Waals surface area (Å²) in [7, 11) is -3.56. The summed E-state index contributed by atoms with van der Waals surface area (Å²) in [6, 6.07) is 7.75. The fourth-order valence-corrected chi connectivity index (χ4v) is 5.11. The van der Waals surface area contributed by atoms with E-state index in [4.69, 9.17) is 0 Å². The van der Waals surface area contributed by atoms with E-state index < -0.39 is 21.2 Å². The molecule has 1 amide bonds. The highest BCUT2D eigenvalue weighted by Gasteiger charge is 2.29. The number of carbonyl (C=O) groups excluding carboxylic acids is 1. The summed E-state index contributed by atoms with van der Waals surface area (Å²) >= 11 is 1.50. The number of nitrogens with one attached hydrogen (secondary N) is 1. The van der Waals surface area contributed by atoms with Gasteiger partial charge in [0.1, 0.15) is 5.25 Å². The lowest BCUT2D eigenvalue weighted by Gasteiger charge is -2.24. The molecule has 0 aromatic heterocycles. The van der Waals surface area contributed by atoms with Crippen molar-refractivity contribution in [1.29, 1.82) is 0 Å². The number of amides is 1. The molecule has 6 heteroatoms. The van der Waals surface area contributed by atoms with Crippen LogP contribution < -0.4 is 4.72 Å². The molecular formula is C15H21NO3S2. The van der Waals surface area contributed by atoms with Gasteiger partial charge in [0.25, 0.3) is 5.91 Å². The minimum atomic E-state index is -3.56. The molecule has 1 aromatic carbocycles. The molecule has 1 N–H and O–H groups in total. The van der Waals surface area contributed by atoms with Gasteiger partial charge in [-0.3, -0.25) is 9.52 Å². The maximum Gasteiger partial charge on any atom is 0.251 e. The number of aryl methyl sites for hydroxylation is 1. The van der Waals surface area contributed by atoms with Crippen LogP contribution in [-0.2, 0) is 21.2 Å². The van der Waals surface area contributed by atoms with Gasteiger partial charge in [0, 0.05) is 0 Å². The van der Waals surface area contributed by atoms with E-state index in [1.54, 1.807) is 0 Å². The lowest BCUT2D eigenvalue weighted by Crippen LogP contribution is -2.37. The zero-order valence-electron chi connectivity index (χ0n) is 12.3. The normalized spacial score (nSPS) is 19.6. The molecule has 0 bridgehead atoms. The summed E-state index contributed by atoms with van der Waals surface area (Å²) in [5, 5.41) is -0.429. The lowest BCUT2D eigenvalue weighted by atomic mass is 10.0. The molecule has 21 heavy (non-hydrogen) atoms. The first kappa shape index (κ1) is 16.4. The first-order valence-electron chi connectivity index (χ1n) is 7.16. The highest BCUT2D eigenvalue weighted by Crippen LogP contribution is 2.36. The third-order valence-corrected chi connectivity index (χ3v) is 6.45. The fraction of sp³-hybridized carbons (Fsp3) is 0.533. The summed E-state index contributed by atoms with van der Waals surface area (Å²) in [5.41, 5.74) is 2.07. The Morgan fingerprint density at radius 3 is 2.86 bits per heavy atom. The largest absolute Gasteiger partial charge is 0.272 e. The first-order chi connectivity index (χ1) is 9.93. The third-order valence-electron chi connectivity index (χ3n) is 3.69. The second-order valence-electron chi connectivity index (χ2n) is 5.46. The Bertz CT molecular complexity index is 613. The van der Waals surface area contributed by atoms with Crippen molar-refractivity contribution in [2.75, 3.05) is 11.5 Å². The molecule has 1 aliphatic rings. The van der Waals surface area contributed by atoms with E-state index in [1.807, 2.05) is 38.1 Å². The van der Waals surface area contributed by atoms with Crippen molar-refractivity contribution in [1.82, 2.24) is 4.72 Å². The summed E-state index contributed by atoms with van der Waals surface area (Å²) in [5.74, 6) is 0.450. The zero-order chi connectivity index (χ0) is 15.5. The number of carbonyl (C=O) groups is 1. The highest BCUT2D eigenvalue weighted by molar-refractivity contribution is 8.00. The zero-order valence-corrected chi connectivity index (χ0v) is 14.0. The number of thioether (sulfide) groups is 1. The standard InChI is InChI=1S/C15H21NO3S2/c1-3-11(2)10-21(18,19)16-15(17)14-13-7-5-4-6-12(13)8-9-20-14/h4-7,11,14H,3,8-10H2,1-2H3,(H,16,17)/t11-,14+/m1/s1. The smallest absolute Gasteiger partial charge is 0.251 e. The minimum Gasteiger partial charge on any atom is -0.272 e. The van der Waals surface area contributed by atoms with Gasteiger partial charge in [0.2, 0.25) is 10.0 Å². The second-order valence-corrected chi connectivity index (χ2v) is 8.44. The minimum absolute atomic E-state index is 0.00568. The molecule has 1 aromatic rings. The van der Waals surface area contributed by atoms with Crippen LogP contribution >= 0.6 is 11.8 Å². The van der Waals surface area contributed by atoms with Gasteiger partial charge in [0.05, 0.1) is 5.75 Å². The van der Waals surface area contributed by atoms with Crippen molar-refractivity contribution in [3.05, 3.63) is 35.4 Å². The molecule has 1 aliphatic heterocycles. The number of hydrogen-bond donors (Lipinski definition) is 1. The maximum atomic E-state index is 12.3. The quantitative estimate of drug-likeness (QED) is 0.902. The average Bonchev–Trinajstić information content (AvgIpc) is 2.45. The second kappa shape index (κ2) is 6.83. The van der Waals surface area contributed by atoms with Crippen LogP contribution in [0.2, 0.25) is 0 Å². The molecule has 4 nitrogen and oxygen atoms in total. The van der Waals surface area contributed by atoms with E-state index in [-0.39, 0.29) is 11.7 Å². The summed E-state index contributed by atoms with van der Waals surface area (Å²) in [6.07, 6.45) is 1.69. The van der Waals surface area contributed by atoms with E-state index in [0.717, 1.165) is 29.7 Å². The van der Waals surface area contributed by atoms with Crippen LogP contribution in [0, 0.1) is 5.92 Å². The van der Waals surface area contributed by atoms with E-state index in [9.17, 15) is 13.2 Å². The topological polar surface area (TPSA) is 63.2 Å². The summed E-state index contributed by atoms with van der Waals surface area (Å²) < 4.78 is 26.3. The van der Waals surface area contributed by atoms with Gasteiger partial charge in [-0.25, -0.2) is 8.42 Å². The molecule has 0 unspecified atom stereocenters. The highest BCUT2D eigenvalue weighted by atomic mass is 32.2. The molecule has 0 saturated heterocycles. The third kappa shape index (κ3) is 4.23.